The lowest BCUT2D eigenvalue weighted by molar-refractivity contribution is -0.670. The van der Waals surface area contributed by atoms with Crippen molar-refractivity contribution in [3.8, 4) is 5.75 Å². The molecule has 3 atom stereocenters. The summed E-state index contributed by atoms with van der Waals surface area (Å²) in [4.78, 5) is 44.4. The van der Waals surface area contributed by atoms with Crippen molar-refractivity contribution in [1.82, 2.24) is 9.80 Å². The number of pyridine rings is 1. The molecule has 3 heterocycles. The van der Waals surface area contributed by atoms with Crippen LogP contribution in [0.15, 0.2) is 42.7 Å². The Morgan fingerprint density at radius 1 is 1.18 bits per heavy atom. The molecule has 0 radical (unpaired) electrons. The van der Waals surface area contributed by atoms with Crippen LogP contribution in [0.2, 0.25) is 0 Å². The van der Waals surface area contributed by atoms with Gasteiger partial charge in [-0.25, -0.2) is 4.57 Å². The number of carboxylic acid groups (broad SMARTS) is 1. The average Bonchev–Trinajstić information content (AvgIpc) is 3.53. The third-order valence-electron chi connectivity index (χ3n) is 8.31. The quantitative estimate of drug-likeness (QED) is 0.408. The first kappa shape index (κ1) is 29.5. The number of likely N-dealkylation sites (tertiary alicyclic amines) is 1. The lowest BCUT2D eigenvalue weighted by Crippen LogP contribution is -2.46. The molecule has 9 nitrogen and oxygen atoms in total. The fourth-order valence-electron chi connectivity index (χ4n) is 6.16. The minimum Gasteiger partial charge on any atom is -0.493 e. The summed E-state index contributed by atoms with van der Waals surface area (Å²) >= 11 is 0. The number of nitrogens with zero attached hydrogens (tertiary/aromatic N) is 4. The molecule has 1 aromatic carbocycles. The fraction of sp³-hybridized carbons (Fsp3) is 0.548. The van der Waals surface area contributed by atoms with Crippen molar-refractivity contribution in [1.29, 1.82) is 0 Å². The second-order valence-electron chi connectivity index (χ2n) is 10.9. The minimum absolute atomic E-state index is 0.0344. The number of hydrogen-bond acceptors (Lipinski definition) is 5. The van der Waals surface area contributed by atoms with Gasteiger partial charge in [-0.2, -0.15) is 0 Å². The van der Waals surface area contributed by atoms with E-state index in [2.05, 4.69) is 13.0 Å². The molecule has 2 amide bonds. The van der Waals surface area contributed by atoms with E-state index >= 15 is 0 Å². The number of fused-ring (bicyclic) bond motifs is 1. The molecule has 1 unspecified atom stereocenters. The standard InChI is InChI=1S/C31H42N4O5/c1-5-7-15-35(25-9-8-14-32(4)19-25)29(37)21-34-20-26(23-10-11-28-24(18-23)13-17-40-28)30(31(38)39)27(34)12-16-33(6-2)22(3)36/h8-11,14,18-19,26-27,30H,5-7,12-13,15-17,20-21H2,1-4H3/p+1/t26-,27+,30?/m1/s1. The molecule has 40 heavy (non-hydrogen) atoms. The highest BCUT2D eigenvalue weighted by Gasteiger charge is 2.47. The molecule has 2 aliphatic heterocycles. The first-order chi connectivity index (χ1) is 19.2. The molecule has 0 aliphatic carbocycles. The topological polar surface area (TPSA) is 94.3 Å². The van der Waals surface area contributed by atoms with E-state index in [-0.39, 0.29) is 30.3 Å². The first-order valence-electron chi connectivity index (χ1n) is 14.5. The Morgan fingerprint density at radius 3 is 2.65 bits per heavy atom. The summed E-state index contributed by atoms with van der Waals surface area (Å²) in [5.74, 6) is -1.06. The second-order valence-corrected chi connectivity index (χ2v) is 10.9. The van der Waals surface area contributed by atoms with Crippen LogP contribution in [-0.4, -0.2) is 78.1 Å². The Kier molecular flexibility index (Phi) is 9.79. The number of aliphatic carboxylic acids is 1. The number of carbonyl (C=O) groups excluding carboxylic acids is 2. The van der Waals surface area contributed by atoms with Gasteiger partial charge in [0.15, 0.2) is 12.4 Å². The minimum atomic E-state index is -0.870. The van der Waals surface area contributed by atoms with Gasteiger partial charge in [0.05, 0.1) is 19.1 Å². The predicted molar refractivity (Wildman–Crippen MR) is 152 cm³/mol. The van der Waals surface area contributed by atoms with E-state index < -0.39 is 11.9 Å². The number of hydrogen-bond donors (Lipinski definition) is 1. The molecule has 216 valence electrons. The van der Waals surface area contributed by atoms with E-state index in [0.717, 1.165) is 41.8 Å². The highest BCUT2D eigenvalue weighted by molar-refractivity contribution is 5.94. The highest BCUT2D eigenvalue weighted by Crippen LogP contribution is 2.41. The van der Waals surface area contributed by atoms with Crippen LogP contribution in [0.25, 0.3) is 0 Å². The Hall–Kier alpha value is -3.46. The second kappa shape index (κ2) is 13.3. The summed E-state index contributed by atoms with van der Waals surface area (Å²) in [6, 6.07) is 9.47. The van der Waals surface area contributed by atoms with Gasteiger partial charge in [-0.1, -0.05) is 25.5 Å². The zero-order valence-corrected chi connectivity index (χ0v) is 24.2. The molecule has 2 aromatic rings. The van der Waals surface area contributed by atoms with E-state index in [1.807, 2.05) is 65.0 Å². The normalized spacial score (nSPS) is 20.1. The maximum atomic E-state index is 13.9. The molecular weight excluding hydrogens is 508 g/mol. The molecule has 1 fully saturated rings. The van der Waals surface area contributed by atoms with Gasteiger partial charge < -0.3 is 19.6 Å². The van der Waals surface area contributed by atoms with E-state index in [0.29, 0.717) is 39.2 Å². The van der Waals surface area contributed by atoms with Crippen LogP contribution < -0.4 is 14.2 Å². The highest BCUT2D eigenvalue weighted by atomic mass is 16.5. The van der Waals surface area contributed by atoms with Gasteiger partial charge in [0.25, 0.3) is 0 Å². The molecule has 1 aromatic heterocycles. The molecular formula is C31H43N4O5+. The number of benzene rings is 1. The van der Waals surface area contributed by atoms with Crippen LogP contribution >= 0.6 is 0 Å². The number of anilines is 1. The zero-order valence-electron chi connectivity index (χ0n) is 24.2. The van der Waals surface area contributed by atoms with E-state index in [9.17, 15) is 19.5 Å². The van der Waals surface area contributed by atoms with Crippen LogP contribution in [0.5, 0.6) is 5.75 Å². The molecule has 1 N–H and O–H groups in total. The number of amides is 2. The Labute approximate surface area is 237 Å². The predicted octanol–water partition coefficient (Wildman–Crippen LogP) is 3.01. The number of aryl methyl sites for hydroxylation is 1. The van der Waals surface area contributed by atoms with Gasteiger partial charge in [0, 0.05) is 57.5 Å². The van der Waals surface area contributed by atoms with E-state index in [4.69, 9.17) is 4.74 Å². The molecule has 2 aliphatic rings. The van der Waals surface area contributed by atoms with Crippen LogP contribution in [-0.2, 0) is 27.9 Å². The lowest BCUT2D eigenvalue weighted by atomic mass is 9.83. The molecule has 0 bridgehead atoms. The van der Waals surface area contributed by atoms with Crippen molar-refractivity contribution in [2.75, 3.05) is 44.2 Å². The number of unbranched alkanes of at least 4 members (excludes halogenated alkanes) is 1. The summed E-state index contributed by atoms with van der Waals surface area (Å²) in [6.07, 6.45) is 6.99. The largest absolute Gasteiger partial charge is 0.493 e. The van der Waals surface area contributed by atoms with E-state index in [1.54, 1.807) is 4.90 Å². The van der Waals surface area contributed by atoms with Crippen molar-refractivity contribution in [3.63, 3.8) is 0 Å². The Morgan fingerprint density at radius 2 is 1.98 bits per heavy atom. The maximum absolute atomic E-state index is 13.9. The SMILES string of the molecule is CCCCN(C(=O)CN1C[C@H](c2ccc3c(c2)CCO3)C(C(=O)O)[C@@H]1CCN(CC)C(C)=O)c1ccc[n+](C)c1. The van der Waals surface area contributed by atoms with Gasteiger partial charge in [-0.3, -0.25) is 19.3 Å². The average molecular weight is 552 g/mol. The van der Waals surface area contributed by atoms with Crippen molar-refractivity contribution in [2.45, 2.75) is 58.4 Å². The fourth-order valence-corrected chi connectivity index (χ4v) is 6.16. The van der Waals surface area contributed by atoms with Crippen LogP contribution in [0, 0.1) is 5.92 Å². The van der Waals surface area contributed by atoms with Crippen molar-refractivity contribution in [3.05, 3.63) is 53.9 Å². The molecule has 4 rings (SSSR count). The number of carbonyl (C=O) groups is 3. The number of carboxylic acids is 1. The Balaban J connectivity index is 1.64. The lowest BCUT2D eigenvalue weighted by Gasteiger charge is -2.31. The van der Waals surface area contributed by atoms with Crippen molar-refractivity contribution >= 4 is 23.5 Å². The summed E-state index contributed by atoms with van der Waals surface area (Å²) < 4.78 is 7.60. The molecule has 9 heteroatoms. The van der Waals surface area contributed by atoms with Gasteiger partial charge in [-0.15, -0.1) is 0 Å². The van der Waals surface area contributed by atoms with Crippen LogP contribution in [0.3, 0.4) is 0 Å². The van der Waals surface area contributed by atoms with Crippen LogP contribution in [0.1, 0.15) is 57.1 Å². The summed E-state index contributed by atoms with van der Waals surface area (Å²) in [6.45, 7) is 8.38. The smallest absolute Gasteiger partial charge is 0.308 e. The van der Waals surface area contributed by atoms with Crippen LogP contribution in [0.4, 0.5) is 5.69 Å². The van der Waals surface area contributed by atoms with Gasteiger partial charge in [0.1, 0.15) is 18.5 Å². The van der Waals surface area contributed by atoms with E-state index in [1.165, 1.54) is 6.92 Å². The molecule has 0 saturated carbocycles. The van der Waals surface area contributed by atoms with Gasteiger partial charge >= 0.3 is 5.97 Å². The number of rotatable bonds is 12. The van der Waals surface area contributed by atoms with Crippen molar-refractivity contribution in [2.24, 2.45) is 13.0 Å². The Bertz CT molecular complexity index is 1220. The molecule has 0 spiro atoms. The monoisotopic (exact) mass is 551 g/mol. The summed E-state index contributed by atoms with van der Waals surface area (Å²) in [7, 11) is 1.93. The van der Waals surface area contributed by atoms with Gasteiger partial charge in [0.2, 0.25) is 11.8 Å². The molecule has 1 saturated heterocycles. The third kappa shape index (κ3) is 6.63. The summed E-state index contributed by atoms with van der Waals surface area (Å²) in [5.41, 5.74) is 2.90. The maximum Gasteiger partial charge on any atom is 0.308 e. The van der Waals surface area contributed by atoms with Crippen molar-refractivity contribution < 1.29 is 28.8 Å². The zero-order chi connectivity index (χ0) is 28.8. The summed E-state index contributed by atoms with van der Waals surface area (Å²) in [5, 5.41) is 10.5. The first-order valence-corrected chi connectivity index (χ1v) is 14.5. The van der Waals surface area contributed by atoms with Gasteiger partial charge in [-0.05, 0) is 43.0 Å². The number of aromatic nitrogens is 1. The third-order valence-corrected chi connectivity index (χ3v) is 8.31. The number of ether oxygens (including phenoxy) is 1.